The maximum atomic E-state index is 12.9. The lowest BCUT2D eigenvalue weighted by atomic mass is 9.90. The van der Waals surface area contributed by atoms with Gasteiger partial charge < -0.3 is 9.84 Å². The first-order valence-corrected chi connectivity index (χ1v) is 5.93. The molecule has 1 aromatic carbocycles. The monoisotopic (exact) mass is 304 g/mol. The number of hydrogen-bond acceptors (Lipinski definition) is 2. The lowest BCUT2D eigenvalue weighted by molar-refractivity contribution is -0.147. The zero-order valence-corrected chi connectivity index (χ0v) is 11.3. The van der Waals surface area contributed by atoms with E-state index in [4.69, 9.17) is 9.84 Å². The number of benzene rings is 1. The van der Waals surface area contributed by atoms with Gasteiger partial charge in [0.1, 0.15) is 11.6 Å². The Morgan fingerprint density at radius 3 is 2.76 bits per heavy atom. The van der Waals surface area contributed by atoms with Gasteiger partial charge >= 0.3 is 5.97 Å². The molecule has 0 aliphatic carbocycles. The Labute approximate surface area is 108 Å². The molecule has 0 fully saturated rings. The number of aliphatic carboxylic acids is 1. The van der Waals surface area contributed by atoms with Crippen LogP contribution in [0.5, 0.6) is 5.75 Å². The van der Waals surface area contributed by atoms with E-state index < -0.39 is 11.4 Å². The largest absolute Gasteiger partial charge is 0.492 e. The van der Waals surface area contributed by atoms with E-state index in [-0.39, 0.29) is 12.4 Å². The van der Waals surface area contributed by atoms with Gasteiger partial charge in [0.2, 0.25) is 0 Å². The molecule has 0 atom stereocenters. The zero-order chi connectivity index (χ0) is 13.1. The molecule has 0 aromatic heterocycles. The van der Waals surface area contributed by atoms with Gasteiger partial charge in [0.15, 0.2) is 0 Å². The van der Waals surface area contributed by atoms with Crippen LogP contribution in [0.25, 0.3) is 0 Å². The fourth-order valence-electron chi connectivity index (χ4n) is 1.11. The quantitative estimate of drug-likeness (QED) is 0.906. The molecule has 0 saturated heterocycles. The summed E-state index contributed by atoms with van der Waals surface area (Å²) in [5.41, 5.74) is -0.847. The molecule has 0 bridgehead atoms. The summed E-state index contributed by atoms with van der Waals surface area (Å²) in [6, 6.07) is 4.13. The van der Waals surface area contributed by atoms with Gasteiger partial charge in [0.05, 0.1) is 16.5 Å². The van der Waals surface area contributed by atoms with Crippen molar-refractivity contribution in [2.24, 2.45) is 5.41 Å². The van der Waals surface area contributed by atoms with Crippen molar-refractivity contribution in [3.63, 3.8) is 0 Å². The van der Waals surface area contributed by atoms with Crippen LogP contribution in [-0.2, 0) is 4.79 Å². The molecule has 0 amide bonds. The van der Waals surface area contributed by atoms with Gasteiger partial charge in [-0.25, -0.2) is 4.39 Å². The smallest absolute Gasteiger partial charge is 0.309 e. The predicted octanol–water partition coefficient (Wildman–Crippen LogP) is 3.47. The Balaban J connectivity index is 2.57. The fourth-order valence-corrected chi connectivity index (χ4v) is 1.47. The number of rotatable bonds is 5. The second kappa shape index (κ2) is 5.49. The number of carboxylic acid groups (broad SMARTS) is 1. The van der Waals surface area contributed by atoms with Crippen LogP contribution < -0.4 is 4.74 Å². The van der Waals surface area contributed by atoms with Crippen molar-refractivity contribution in [1.29, 1.82) is 0 Å². The predicted molar refractivity (Wildman–Crippen MR) is 65.6 cm³/mol. The summed E-state index contributed by atoms with van der Waals surface area (Å²) < 4.78 is 18.9. The van der Waals surface area contributed by atoms with Crippen molar-refractivity contribution in [1.82, 2.24) is 0 Å². The highest BCUT2D eigenvalue weighted by Gasteiger charge is 2.26. The van der Waals surface area contributed by atoms with E-state index in [2.05, 4.69) is 15.9 Å². The van der Waals surface area contributed by atoms with Gasteiger partial charge in [-0.2, -0.15) is 0 Å². The van der Waals surface area contributed by atoms with Gasteiger partial charge in [0, 0.05) is 6.07 Å². The Morgan fingerprint density at radius 1 is 1.53 bits per heavy atom. The molecule has 1 rings (SSSR count). The van der Waals surface area contributed by atoms with Crippen molar-refractivity contribution >= 4 is 21.9 Å². The van der Waals surface area contributed by atoms with Crippen LogP contribution in [0.3, 0.4) is 0 Å². The lowest BCUT2D eigenvalue weighted by Crippen LogP contribution is -2.25. The minimum Gasteiger partial charge on any atom is -0.492 e. The number of carbonyl (C=O) groups is 1. The van der Waals surface area contributed by atoms with Crippen LogP contribution in [0, 0.1) is 11.2 Å². The van der Waals surface area contributed by atoms with Crippen molar-refractivity contribution in [2.75, 3.05) is 6.61 Å². The molecule has 3 nitrogen and oxygen atoms in total. The highest BCUT2D eigenvalue weighted by Crippen LogP contribution is 2.27. The van der Waals surface area contributed by atoms with Crippen LogP contribution in [-0.4, -0.2) is 17.7 Å². The fraction of sp³-hybridized carbons (Fsp3) is 0.417. The molecule has 0 aliphatic heterocycles. The molecule has 17 heavy (non-hydrogen) atoms. The Morgan fingerprint density at radius 2 is 2.18 bits per heavy atom. The summed E-state index contributed by atoms with van der Waals surface area (Å²) in [7, 11) is 0. The summed E-state index contributed by atoms with van der Waals surface area (Å²) in [6.45, 7) is 3.47. The molecule has 1 N–H and O–H groups in total. The standard InChI is InChI=1S/C12H14BrFO3/c1-12(2,11(15)16)5-6-17-10-7-8(14)3-4-9(10)13/h3-4,7H,5-6H2,1-2H3,(H,15,16). The highest BCUT2D eigenvalue weighted by molar-refractivity contribution is 9.10. The van der Waals surface area contributed by atoms with E-state index in [9.17, 15) is 9.18 Å². The second-order valence-electron chi connectivity index (χ2n) is 4.36. The first-order valence-electron chi connectivity index (χ1n) is 5.14. The molecule has 0 unspecified atom stereocenters. The van der Waals surface area contributed by atoms with Gasteiger partial charge in [-0.05, 0) is 48.3 Å². The molecule has 0 spiro atoms. The molecule has 94 valence electrons. The summed E-state index contributed by atoms with van der Waals surface area (Å²) >= 11 is 3.23. The molecule has 1 aromatic rings. The summed E-state index contributed by atoms with van der Waals surface area (Å²) in [5, 5.41) is 8.91. The van der Waals surface area contributed by atoms with Crippen LogP contribution in [0.2, 0.25) is 0 Å². The SMILES string of the molecule is CC(C)(CCOc1cc(F)ccc1Br)C(=O)O. The summed E-state index contributed by atoms with van der Waals surface area (Å²) in [5.74, 6) is -0.883. The molecule has 0 aliphatic rings. The van der Waals surface area contributed by atoms with Crippen molar-refractivity contribution in [3.8, 4) is 5.75 Å². The first-order chi connectivity index (χ1) is 7.83. The van der Waals surface area contributed by atoms with Gasteiger partial charge in [0.25, 0.3) is 0 Å². The van der Waals surface area contributed by atoms with Crippen molar-refractivity contribution in [3.05, 3.63) is 28.5 Å². The van der Waals surface area contributed by atoms with Gasteiger partial charge in [-0.3, -0.25) is 4.79 Å². The maximum absolute atomic E-state index is 12.9. The molecular weight excluding hydrogens is 291 g/mol. The second-order valence-corrected chi connectivity index (χ2v) is 5.22. The molecular formula is C12H14BrFO3. The van der Waals surface area contributed by atoms with E-state index >= 15 is 0 Å². The topological polar surface area (TPSA) is 46.5 Å². The van der Waals surface area contributed by atoms with E-state index in [0.29, 0.717) is 16.6 Å². The van der Waals surface area contributed by atoms with Gasteiger partial charge in [-0.1, -0.05) is 0 Å². The maximum Gasteiger partial charge on any atom is 0.309 e. The van der Waals surface area contributed by atoms with Crippen molar-refractivity contribution < 1.29 is 19.0 Å². The Kier molecular flexibility index (Phi) is 4.51. The first kappa shape index (κ1) is 14.0. The molecule has 0 radical (unpaired) electrons. The van der Waals surface area contributed by atoms with Crippen LogP contribution in [0.15, 0.2) is 22.7 Å². The molecule has 0 heterocycles. The third-order valence-corrected chi connectivity index (χ3v) is 3.11. The van der Waals surface area contributed by atoms with Crippen LogP contribution in [0.4, 0.5) is 4.39 Å². The summed E-state index contributed by atoms with van der Waals surface area (Å²) in [6.07, 6.45) is 0.352. The number of hydrogen-bond donors (Lipinski definition) is 1. The number of ether oxygens (including phenoxy) is 1. The Bertz CT molecular complexity index is 418. The van der Waals surface area contributed by atoms with Crippen molar-refractivity contribution in [2.45, 2.75) is 20.3 Å². The number of halogens is 2. The summed E-state index contributed by atoms with van der Waals surface area (Å²) in [4.78, 5) is 10.9. The van der Waals surface area contributed by atoms with E-state index in [1.54, 1.807) is 19.9 Å². The van der Waals surface area contributed by atoms with E-state index in [1.807, 2.05) is 0 Å². The normalized spacial score (nSPS) is 11.3. The van der Waals surface area contributed by atoms with Crippen LogP contribution >= 0.6 is 15.9 Å². The van der Waals surface area contributed by atoms with Crippen LogP contribution in [0.1, 0.15) is 20.3 Å². The lowest BCUT2D eigenvalue weighted by Gasteiger charge is -2.19. The Hall–Kier alpha value is -1.10. The van der Waals surface area contributed by atoms with Gasteiger partial charge in [-0.15, -0.1) is 0 Å². The average Bonchev–Trinajstić information content (AvgIpc) is 2.22. The minimum absolute atomic E-state index is 0.224. The molecule has 0 saturated carbocycles. The highest BCUT2D eigenvalue weighted by atomic mass is 79.9. The minimum atomic E-state index is -0.876. The number of carboxylic acids is 1. The average molecular weight is 305 g/mol. The zero-order valence-electron chi connectivity index (χ0n) is 9.67. The third-order valence-electron chi connectivity index (χ3n) is 2.46. The third kappa shape index (κ3) is 4.00. The molecule has 5 heteroatoms. The van der Waals surface area contributed by atoms with E-state index in [1.165, 1.54) is 12.1 Å². The van der Waals surface area contributed by atoms with E-state index in [0.717, 1.165) is 0 Å².